The fourth-order valence-electron chi connectivity index (χ4n) is 3.91. The minimum atomic E-state index is -0.467. The van der Waals surface area contributed by atoms with Crippen LogP contribution in [0.4, 0.5) is 17.1 Å². The number of carbonyl (C=O) groups excluding carboxylic acids is 1. The van der Waals surface area contributed by atoms with E-state index in [-0.39, 0.29) is 11.3 Å². The van der Waals surface area contributed by atoms with Gasteiger partial charge in [0.2, 0.25) is 0 Å². The Morgan fingerprint density at radius 2 is 1.77 bits per heavy atom. The Bertz CT molecular complexity index is 1400. The molecule has 11 heteroatoms. The highest BCUT2D eigenvalue weighted by Gasteiger charge is 2.23. The van der Waals surface area contributed by atoms with Crippen molar-refractivity contribution in [1.82, 2.24) is 15.0 Å². The molecule has 0 aliphatic carbocycles. The lowest BCUT2D eigenvalue weighted by atomic mass is 10.1. The number of nitro benzene ring substituents is 1. The molecule has 0 unspecified atom stereocenters. The van der Waals surface area contributed by atoms with Crippen molar-refractivity contribution in [3.8, 4) is 11.4 Å². The van der Waals surface area contributed by atoms with Crippen LogP contribution in [0, 0.1) is 10.1 Å². The van der Waals surface area contributed by atoms with Crippen LogP contribution in [0.25, 0.3) is 16.7 Å². The van der Waals surface area contributed by atoms with Gasteiger partial charge in [0, 0.05) is 30.4 Å². The number of ether oxygens (including phenoxy) is 2. The van der Waals surface area contributed by atoms with Crippen molar-refractivity contribution in [1.29, 1.82) is 0 Å². The van der Waals surface area contributed by atoms with E-state index in [2.05, 4.69) is 15.5 Å². The van der Waals surface area contributed by atoms with Gasteiger partial charge in [-0.1, -0.05) is 0 Å². The van der Waals surface area contributed by atoms with E-state index in [0.717, 1.165) is 11.4 Å². The molecule has 0 bridgehead atoms. The van der Waals surface area contributed by atoms with Crippen molar-refractivity contribution in [2.24, 2.45) is 0 Å². The summed E-state index contributed by atoms with van der Waals surface area (Å²) in [7, 11) is 1.60. The third-order valence-electron chi connectivity index (χ3n) is 5.73. The Kier molecular flexibility index (Phi) is 5.98. The molecule has 0 saturated carbocycles. The molecule has 5 rings (SSSR count). The van der Waals surface area contributed by atoms with Gasteiger partial charge in [0.1, 0.15) is 22.5 Å². The lowest BCUT2D eigenvalue weighted by molar-refractivity contribution is -0.384. The van der Waals surface area contributed by atoms with Gasteiger partial charge in [-0.05, 0) is 54.6 Å². The maximum absolute atomic E-state index is 12.9. The molecule has 178 valence electrons. The maximum Gasteiger partial charge on any atom is 0.293 e. The highest BCUT2D eigenvalue weighted by Crippen LogP contribution is 2.30. The number of hydrogen-bond donors (Lipinski definition) is 1. The molecule has 11 nitrogen and oxygen atoms in total. The van der Waals surface area contributed by atoms with Crippen molar-refractivity contribution in [3.05, 3.63) is 76.3 Å². The van der Waals surface area contributed by atoms with Crippen molar-refractivity contribution in [2.45, 2.75) is 0 Å². The predicted octanol–water partition coefficient (Wildman–Crippen LogP) is 3.43. The monoisotopic (exact) mass is 474 g/mol. The number of amides is 1. The summed E-state index contributed by atoms with van der Waals surface area (Å²) in [6, 6.07) is 17.0. The molecule has 1 aliphatic heterocycles. The molecule has 1 amide bonds. The van der Waals surface area contributed by atoms with Crippen LogP contribution in [0.5, 0.6) is 5.75 Å². The van der Waals surface area contributed by atoms with Crippen LogP contribution in [0.15, 0.2) is 60.7 Å². The van der Waals surface area contributed by atoms with Crippen LogP contribution in [0.1, 0.15) is 10.4 Å². The summed E-state index contributed by atoms with van der Waals surface area (Å²) in [5.41, 5.74) is 3.07. The van der Waals surface area contributed by atoms with E-state index in [9.17, 15) is 14.9 Å². The second-order valence-electron chi connectivity index (χ2n) is 7.91. The van der Waals surface area contributed by atoms with Crippen LogP contribution in [-0.2, 0) is 4.74 Å². The predicted molar refractivity (Wildman–Crippen MR) is 129 cm³/mol. The van der Waals surface area contributed by atoms with Gasteiger partial charge in [-0.25, -0.2) is 0 Å². The SMILES string of the molecule is COc1ccc(-n2nc3ccc(NC(=O)c4ccc(N5CCOCC5)c([N+](=O)[O-])c4)cc3n2)cc1. The largest absolute Gasteiger partial charge is 0.497 e. The van der Waals surface area contributed by atoms with Gasteiger partial charge in [0.15, 0.2) is 0 Å². The molecule has 1 aromatic heterocycles. The van der Waals surface area contributed by atoms with Crippen LogP contribution in [0.3, 0.4) is 0 Å². The Balaban J connectivity index is 1.36. The van der Waals surface area contributed by atoms with E-state index in [4.69, 9.17) is 9.47 Å². The molecule has 3 aromatic carbocycles. The lowest BCUT2D eigenvalue weighted by Gasteiger charge is -2.28. The van der Waals surface area contributed by atoms with Gasteiger partial charge >= 0.3 is 0 Å². The maximum atomic E-state index is 12.9. The number of fused-ring (bicyclic) bond motifs is 1. The smallest absolute Gasteiger partial charge is 0.293 e. The number of hydrogen-bond acceptors (Lipinski definition) is 8. The number of rotatable bonds is 6. The second-order valence-corrected chi connectivity index (χ2v) is 7.91. The summed E-state index contributed by atoms with van der Waals surface area (Å²) in [5.74, 6) is 0.275. The van der Waals surface area contributed by atoms with Crippen LogP contribution in [0.2, 0.25) is 0 Å². The van der Waals surface area contributed by atoms with Gasteiger partial charge in [-0.2, -0.15) is 4.80 Å². The molecule has 1 saturated heterocycles. The molecule has 1 fully saturated rings. The fourth-order valence-corrected chi connectivity index (χ4v) is 3.91. The number of carbonyl (C=O) groups is 1. The summed E-state index contributed by atoms with van der Waals surface area (Å²) in [6.45, 7) is 2.13. The van der Waals surface area contributed by atoms with Gasteiger partial charge in [0.05, 0.1) is 30.9 Å². The highest BCUT2D eigenvalue weighted by atomic mass is 16.6. The topological polar surface area (TPSA) is 125 Å². The molecular weight excluding hydrogens is 452 g/mol. The number of benzene rings is 3. The first-order chi connectivity index (χ1) is 17.0. The van der Waals surface area contributed by atoms with Gasteiger partial charge in [0.25, 0.3) is 11.6 Å². The summed E-state index contributed by atoms with van der Waals surface area (Å²) >= 11 is 0. The molecule has 2 heterocycles. The minimum Gasteiger partial charge on any atom is -0.497 e. The Labute approximate surface area is 200 Å². The zero-order valence-corrected chi connectivity index (χ0v) is 18.9. The molecule has 0 atom stereocenters. The molecule has 1 N–H and O–H groups in total. The van der Waals surface area contributed by atoms with E-state index >= 15 is 0 Å². The van der Waals surface area contributed by atoms with Crippen LogP contribution >= 0.6 is 0 Å². The number of aromatic nitrogens is 3. The van der Waals surface area contributed by atoms with E-state index in [1.165, 1.54) is 10.9 Å². The highest BCUT2D eigenvalue weighted by molar-refractivity contribution is 6.05. The second kappa shape index (κ2) is 9.39. The Morgan fingerprint density at radius 3 is 2.49 bits per heavy atom. The van der Waals surface area contributed by atoms with E-state index in [1.54, 1.807) is 37.4 Å². The van der Waals surface area contributed by atoms with E-state index in [1.807, 2.05) is 29.2 Å². The van der Waals surface area contributed by atoms with Gasteiger partial charge in [-0.15, -0.1) is 10.2 Å². The minimum absolute atomic E-state index is 0.113. The normalized spacial score (nSPS) is 13.6. The molecule has 35 heavy (non-hydrogen) atoms. The number of morpholine rings is 1. The number of anilines is 2. The summed E-state index contributed by atoms with van der Waals surface area (Å²) < 4.78 is 10.5. The van der Waals surface area contributed by atoms with Crippen molar-refractivity contribution < 1.29 is 19.2 Å². The number of nitro groups is 1. The first-order valence-corrected chi connectivity index (χ1v) is 11.0. The summed E-state index contributed by atoms with van der Waals surface area (Å²) in [4.78, 5) is 27.5. The summed E-state index contributed by atoms with van der Waals surface area (Å²) in [6.07, 6.45) is 0. The van der Waals surface area contributed by atoms with Crippen molar-refractivity contribution in [2.75, 3.05) is 43.6 Å². The zero-order chi connectivity index (χ0) is 24.4. The zero-order valence-electron chi connectivity index (χ0n) is 18.9. The van der Waals surface area contributed by atoms with E-state index in [0.29, 0.717) is 48.7 Å². The fraction of sp³-hybridized carbons (Fsp3) is 0.208. The number of methoxy groups -OCH3 is 1. The molecule has 4 aromatic rings. The third kappa shape index (κ3) is 4.62. The average molecular weight is 474 g/mol. The molecule has 0 spiro atoms. The third-order valence-corrected chi connectivity index (χ3v) is 5.73. The number of nitrogens with zero attached hydrogens (tertiary/aromatic N) is 5. The quantitative estimate of drug-likeness (QED) is 0.333. The molecular formula is C24H22N6O5. The van der Waals surface area contributed by atoms with Crippen molar-refractivity contribution in [3.63, 3.8) is 0 Å². The summed E-state index contributed by atoms with van der Waals surface area (Å²) in [5, 5.41) is 23.4. The first kappa shape index (κ1) is 22.3. The Morgan fingerprint density at radius 1 is 1.03 bits per heavy atom. The molecule has 1 aliphatic rings. The van der Waals surface area contributed by atoms with Crippen LogP contribution in [-0.4, -0.2) is 59.2 Å². The van der Waals surface area contributed by atoms with Crippen molar-refractivity contribution >= 4 is 34.0 Å². The average Bonchev–Trinajstić information content (AvgIpc) is 3.32. The lowest BCUT2D eigenvalue weighted by Crippen LogP contribution is -2.36. The van der Waals surface area contributed by atoms with E-state index < -0.39 is 10.8 Å². The molecule has 0 radical (unpaired) electrons. The first-order valence-electron chi connectivity index (χ1n) is 11.0. The van der Waals surface area contributed by atoms with Gasteiger partial charge < -0.3 is 19.7 Å². The van der Waals surface area contributed by atoms with Crippen LogP contribution < -0.4 is 15.0 Å². The standard InChI is InChI=1S/C24H22N6O5/c1-34-19-6-4-18(5-7-19)29-26-20-8-3-17(15-21(20)27-29)25-24(31)16-2-9-22(23(14-16)30(32)33)28-10-12-35-13-11-28/h2-9,14-15H,10-13H2,1H3,(H,25,31). The van der Waals surface area contributed by atoms with Gasteiger partial charge in [-0.3, -0.25) is 14.9 Å². The number of nitrogens with one attached hydrogen (secondary N) is 1. The Hall–Kier alpha value is -4.51.